The summed E-state index contributed by atoms with van der Waals surface area (Å²) in [6.07, 6.45) is 19.2. The summed E-state index contributed by atoms with van der Waals surface area (Å²) >= 11 is 0. The van der Waals surface area contributed by atoms with Crippen LogP contribution in [0, 0.1) is 5.41 Å². The van der Waals surface area contributed by atoms with Gasteiger partial charge in [0.05, 0.1) is 0 Å². The van der Waals surface area contributed by atoms with E-state index in [0.717, 1.165) is 12.8 Å². The van der Waals surface area contributed by atoms with Crippen LogP contribution in [0.4, 0.5) is 0 Å². The number of aliphatic hydroxyl groups is 2. The minimum absolute atomic E-state index is 0.216. The molecule has 1 aliphatic rings. The molecule has 20 heavy (non-hydrogen) atoms. The van der Waals surface area contributed by atoms with Crippen molar-refractivity contribution in [2.45, 2.75) is 96.3 Å². The molecule has 0 aromatic rings. The van der Waals surface area contributed by atoms with E-state index >= 15 is 0 Å². The number of aliphatic hydroxyl groups excluding tert-OH is 2. The van der Waals surface area contributed by atoms with Crippen LogP contribution >= 0.6 is 0 Å². The van der Waals surface area contributed by atoms with Gasteiger partial charge in [-0.05, 0) is 31.1 Å². The fourth-order valence-electron chi connectivity index (χ4n) is 3.82. The third-order valence-corrected chi connectivity index (χ3v) is 5.20. The maximum Gasteiger partial charge on any atom is 0.0436 e. The summed E-state index contributed by atoms with van der Waals surface area (Å²) in [7, 11) is 0. The summed E-state index contributed by atoms with van der Waals surface area (Å²) in [6.45, 7) is 0.556. The summed E-state index contributed by atoms with van der Waals surface area (Å²) in [5.41, 5.74) is 0.216. The maximum absolute atomic E-state index is 9.40. The Bertz CT molecular complexity index is 193. The molecular formula is C18H36O2. The van der Waals surface area contributed by atoms with Gasteiger partial charge in [-0.15, -0.1) is 0 Å². The molecule has 1 aliphatic carbocycles. The molecule has 1 saturated carbocycles. The highest BCUT2D eigenvalue weighted by Gasteiger charge is 2.27. The molecule has 120 valence electrons. The first-order valence-corrected chi connectivity index (χ1v) is 9.05. The number of rotatable bonds is 4. The third-order valence-electron chi connectivity index (χ3n) is 5.20. The van der Waals surface area contributed by atoms with Gasteiger partial charge in [-0.1, -0.05) is 70.6 Å². The summed E-state index contributed by atoms with van der Waals surface area (Å²) in [5.74, 6) is 0. The van der Waals surface area contributed by atoms with Gasteiger partial charge in [0, 0.05) is 13.2 Å². The van der Waals surface area contributed by atoms with E-state index in [-0.39, 0.29) is 18.6 Å². The number of hydrogen-bond acceptors (Lipinski definition) is 2. The van der Waals surface area contributed by atoms with E-state index in [1.807, 2.05) is 0 Å². The topological polar surface area (TPSA) is 40.5 Å². The second kappa shape index (κ2) is 11.6. The van der Waals surface area contributed by atoms with Gasteiger partial charge >= 0.3 is 0 Å². The molecule has 0 atom stereocenters. The SMILES string of the molecule is OCCC1(CCO)CCCCCCCCCCCCC1. The zero-order chi connectivity index (χ0) is 14.5. The van der Waals surface area contributed by atoms with Crippen molar-refractivity contribution in [1.82, 2.24) is 0 Å². The van der Waals surface area contributed by atoms with E-state index in [1.54, 1.807) is 0 Å². The fraction of sp³-hybridized carbons (Fsp3) is 1.00. The average molecular weight is 284 g/mol. The largest absolute Gasteiger partial charge is 0.396 e. The average Bonchev–Trinajstić information content (AvgIpc) is 2.44. The van der Waals surface area contributed by atoms with Crippen molar-refractivity contribution in [3.05, 3.63) is 0 Å². The summed E-state index contributed by atoms with van der Waals surface area (Å²) in [6, 6.07) is 0. The Hall–Kier alpha value is -0.0800. The first kappa shape index (κ1) is 18.0. The first-order chi connectivity index (χ1) is 9.83. The van der Waals surface area contributed by atoms with Crippen LogP contribution in [-0.4, -0.2) is 23.4 Å². The minimum Gasteiger partial charge on any atom is -0.396 e. The molecule has 0 spiro atoms. The second-order valence-corrected chi connectivity index (χ2v) is 6.84. The van der Waals surface area contributed by atoms with Crippen molar-refractivity contribution in [2.24, 2.45) is 5.41 Å². The van der Waals surface area contributed by atoms with Crippen LogP contribution in [0.5, 0.6) is 0 Å². The Morgan fingerprint density at radius 2 is 0.800 bits per heavy atom. The highest BCUT2D eigenvalue weighted by Crippen LogP contribution is 2.38. The van der Waals surface area contributed by atoms with Crippen LogP contribution in [0.25, 0.3) is 0 Å². The predicted octanol–water partition coefficient (Wildman–Crippen LogP) is 4.82. The van der Waals surface area contributed by atoms with Crippen molar-refractivity contribution < 1.29 is 10.2 Å². The molecule has 0 heterocycles. The second-order valence-electron chi connectivity index (χ2n) is 6.84. The third kappa shape index (κ3) is 7.64. The summed E-state index contributed by atoms with van der Waals surface area (Å²) in [4.78, 5) is 0. The van der Waals surface area contributed by atoms with E-state index in [9.17, 15) is 10.2 Å². The zero-order valence-electron chi connectivity index (χ0n) is 13.4. The smallest absolute Gasteiger partial charge is 0.0436 e. The lowest BCUT2D eigenvalue weighted by Gasteiger charge is -2.33. The zero-order valence-corrected chi connectivity index (χ0v) is 13.4. The van der Waals surface area contributed by atoms with E-state index < -0.39 is 0 Å². The van der Waals surface area contributed by atoms with E-state index in [2.05, 4.69) is 0 Å². The van der Waals surface area contributed by atoms with Crippen molar-refractivity contribution in [3.63, 3.8) is 0 Å². The molecule has 2 nitrogen and oxygen atoms in total. The molecule has 1 fully saturated rings. The maximum atomic E-state index is 9.40. The molecule has 1 rings (SSSR count). The van der Waals surface area contributed by atoms with E-state index in [1.165, 1.54) is 83.5 Å². The molecule has 0 aliphatic heterocycles. The van der Waals surface area contributed by atoms with Gasteiger partial charge in [-0.3, -0.25) is 0 Å². The normalized spacial score (nSPS) is 23.1. The summed E-state index contributed by atoms with van der Waals surface area (Å²) < 4.78 is 0. The van der Waals surface area contributed by atoms with Gasteiger partial charge in [0.25, 0.3) is 0 Å². The van der Waals surface area contributed by atoms with Crippen molar-refractivity contribution in [3.8, 4) is 0 Å². The first-order valence-electron chi connectivity index (χ1n) is 9.05. The molecule has 2 N–H and O–H groups in total. The van der Waals surface area contributed by atoms with Crippen molar-refractivity contribution >= 4 is 0 Å². The van der Waals surface area contributed by atoms with Gasteiger partial charge in [0.15, 0.2) is 0 Å². The molecule has 0 saturated heterocycles. The molecular weight excluding hydrogens is 248 g/mol. The molecule has 0 radical (unpaired) electrons. The van der Waals surface area contributed by atoms with Crippen LogP contribution < -0.4 is 0 Å². The Morgan fingerprint density at radius 3 is 1.10 bits per heavy atom. The minimum atomic E-state index is 0.216. The fourth-order valence-corrected chi connectivity index (χ4v) is 3.82. The Kier molecular flexibility index (Phi) is 10.4. The van der Waals surface area contributed by atoms with Gasteiger partial charge in [0.1, 0.15) is 0 Å². The van der Waals surface area contributed by atoms with Crippen LogP contribution in [-0.2, 0) is 0 Å². The van der Waals surface area contributed by atoms with Gasteiger partial charge < -0.3 is 10.2 Å². The van der Waals surface area contributed by atoms with E-state index in [4.69, 9.17) is 0 Å². The Morgan fingerprint density at radius 1 is 0.500 bits per heavy atom. The summed E-state index contributed by atoms with van der Waals surface area (Å²) in [5, 5.41) is 18.8. The quantitative estimate of drug-likeness (QED) is 0.777. The lowest BCUT2D eigenvalue weighted by atomic mass is 9.73. The van der Waals surface area contributed by atoms with Crippen molar-refractivity contribution in [1.29, 1.82) is 0 Å². The molecule has 0 aromatic heterocycles. The highest BCUT2D eigenvalue weighted by atomic mass is 16.3. The van der Waals surface area contributed by atoms with Crippen molar-refractivity contribution in [2.75, 3.05) is 13.2 Å². The lowest BCUT2D eigenvalue weighted by molar-refractivity contribution is 0.108. The number of hydrogen-bond donors (Lipinski definition) is 2. The van der Waals surface area contributed by atoms with Gasteiger partial charge in [-0.2, -0.15) is 0 Å². The van der Waals surface area contributed by atoms with Crippen LogP contribution in [0.2, 0.25) is 0 Å². The van der Waals surface area contributed by atoms with Gasteiger partial charge in [0.2, 0.25) is 0 Å². The standard InChI is InChI=1S/C18H36O2/c19-16-14-18(15-17-20)12-10-8-6-4-2-1-3-5-7-9-11-13-18/h19-20H,1-17H2. The molecule has 0 aromatic carbocycles. The van der Waals surface area contributed by atoms with Crippen LogP contribution in [0.3, 0.4) is 0 Å². The Balaban J connectivity index is 2.49. The lowest BCUT2D eigenvalue weighted by Crippen LogP contribution is -2.24. The molecule has 2 heteroatoms. The molecule has 0 unspecified atom stereocenters. The van der Waals surface area contributed by atoms with Gasteiger partial charge in [-0.25, -0.2) is 0 Å². The van der Waals surface area contributed by atoms with Crippen LogP contribution in [0.15, 0.2) is 0 Å². The monoisotopic (exact) mass is 284 g/mol. The molecule has 0 bridgehead atoms. The Labute approximate surface area is 126 Å². The van der Waals surface area contributed by atoms with Crippen LogP contribution in [0.1, 0.15) is 96.3 Å². The van der Waals surface area contributed by atoms with E-state index in [0.29, 0.717) is 0 Å². The predicted molar refractivity (Wildman–Crippen MR) is 85.9 cm³/mol. The highest BCUT2D eigenvalue weighted by molar-refractivity contribution is 4.79. The molecule has 0 amide bonds.